The van der Waals surface area contributed by atoms with E-state index in [0.29, 0.717) is 36.0 Å². The van der Waals surface area contributed by atoms with Gasteiger partial charge < -0.3 is 25.0 Å². The van der Waals surface area contributed by atoms with Crippen LogP contribution in [-0.2, 0) is 4.74 Å². The Kier molecular flexibility index (Phi) is 5.12. The van der Waals surface area contributed by atoms with Gasteiger partial charge in [-0.2, -0.15) is 10.1 Å². The normalized spacial score (nSPS) is 25.7. The van der Waals surface area contributed by atoms with Crippen molar-refractivity contribution in [2.24, 2.45) is 5.41 Å². The summed E-state index contributed by atoms with van der Waals surface area (Å²) < 4.78 is 21.8. The zero-order valence-corrected chi connectivity index (χ0v) is 20.3. The van der Waals surface area contributed by atoms with E-state index in [4.69, 9.17) is 9.84 Å². The Hall–Kier alpha value is -3.05. The molecule has 3 aliphatic heterocycles. The number of rotatable bonds is 5. The van der Waals surface area contributed by atoms with Crippen LogP contribution in [0.3, 0.4) is 0 Å². The predicted octanol–water partition coefficient (Wildman–Crippen LogP) is 2.68. The molecule has 0 bridgehead atoms. The number of fused-ring (bicyclic) bond motifs is 1. The van der Waals surface area contributed by atoms with E-state index in [1.165, 1.54) is 6.92 Å². The van der Waals surface area contributed by atoms with Crippen molar-refractivity contribution >= 4 is 34.3 Å². The summed E-state index contributed by atoms with van der Waals surface area (Å²) >= 11 is 0. The Labute approximate surface area is 203 Å². The average Bonchev–Trinajstić information content (AvgIpc) is 3.13. The lowest BCUT2D eigenvalue weighted by molar-refractivity contribution is -0.127. The van der Waals surface area contributed by atoms with Gasteiger partial charge in [-0.25, -0.2) is 14.4 Å². The van der Waals surface area contributed by atoms with Crippen LogP contribution in [0.5, 0.6) is 0 Å². The van der Waals surface area contributed by atoms with Gasteiger partial charge in [0.25, 0.3) is 0 Å². The number of hydrogen-bond acceptors (Lipinski definition) is 9. The summed E-state index contributed by atoms with van der Waals surface area (Å²) in [5, 5.41) is 19.3. The number of nitrogens with zero attached hydrogens (tertiary/aromatic N) is 7. The smallest absolute Gasteiger partial charge is 0.227 e. The molecule has 186 valence electrons. The maximum atomic E-state index is 14.4. The molecule has 6 heterocycles. The molecule has 11 heteroatoms. The van der Waals surface area contributed by atoms with E-state index in [1.807, 2.05) is 16.9 Å². The molecule has 0 amide bonds. The zero-order chi connectivity index (χ0) is 24.4. The molecule has 0 radical (unpaired) electrons. The van der Waals surface area contributed by atoms with Gasteiger partial charge in [0.05, 0.1) is 41.7 Å². The van der Waals surface area contributed by atoms with E-state index in [0.717, 1.165) is 43.0 Å². The molecule has 3 aromatic heterocycles. The lowest BCUT2D eigenvalue weighted by atomic mass is 9.78. The summed E-state index contributed by atoms with van der Waals surface area (Å²) in [6.45, 7) is 9.91. The van der Waals surface area contributed by atoms with Crippen LogP contribution in [0.2, 0.25) is 0 Å². The van der Waals surface area contributed by atoms with Crippen molar-refractivity contribution in [3.63, 3.8) is 0 Å². The van der Waals surface area contributed by atoms with Gasteiger partial charge in [-0.15, -0.1) is 0 Å². The summed E-state index contributed by atoms with van der Waals surface area (Å²) in [4.78, 5) is 17.6. The molecular weight excluding hydrogens is 451 g/mol. The van der Waals surface area contributed by atoms with E-state index in [2.05, 4.69) is 39.0 Å². The molecule has 10 nitrogen and oxygen atoms in total. The lowest BCUT2D eigenvalue weighted by Crippen LogP contribution is -2.66. The molecule has 0 aliphatic carbocycles. The first-order valence-electron chi connectivity index (χ1n) is 12.2. The third-order valence-corrected chi connectivity index (χ3v) is 7.36. The monoisotopic (exact) mass is 482 g/mol. The Morgan fingerprint density at radius 2 is 2.00 bits per heavy atom. The van der Waals surface area contributed by atoms with E-state index < -0.39 is 11.8 Å². The van der Waals surface area contributed by atoms with Crippen molar-refractivity contribution in [3.05, 3.63) is 24.5 Å². The SMILES string of the molecule is CC(C)n1nc(N2CC3(COC3)C2)c2cnc(Nc3ccnc(N4CC[C@](C)(O)[C@H](F)C4)n3)cc21. The van der Waals surface area contributed by atoms with Crippen LogP contribution in [0.4, 0.5) is 27.8 Å². The third-order valence-electron chi connectivity index (χ3n) is 7.36. The molecule has 2 atom stereocenters. The molecule has 0 aromatic carbocycles. The number of nitrogens with one attached hydrogen (secondary N) is 1. The zero-order valence-electron chi connectivity index (χ0n) is 20.3. The first-order valence-corrected chi connectivity index (χ1v) is 12.2. The Morgan fingerprint density at radius 3 is 2.69 bits per heavy atom. The van der Waals surface area contributed by atoms with E-state index in [1.54, 1.807) is 17.2 Å². The van der Waals surface area contributed by atoms with Crippen molar-refractivity contribution in [1.82, 2.24) is 24.7 Å². The largest absolute Gasteiger partial charge is 0.387 e. The van der Waals surface area contributed by atoms with Gasteiger partial charge >= 0.3 is 0 Å². The van der Waals surface area contributed by atoms with Crippen molar-refractivity contribution in [1.29, 1.82) is 0 Å². The van der Waals surface area contributed by atoms with Gasteiger partial charge in [0.2, 0.25) is 5.95 Å². The van der Waals surface area contributed by atoms with E-state index >= 15 is 0 Å². The summed E-state index contributed by atoms with van der Waals surface area (Å²) in [7, 11) is 0. The van der Waals surface area contributed by atoms with Gasteiger partial charge in [0.15, 0.2) is 5.82 Å². The van der Waals surface area contributed by atoms with Gasteiger partial charge in [-0.1, -0.05) is 0 Å². The third kappa shape index (κ3) is 3.86. The Balaban J connectivity index is 1.24. The fourth-order valence-corrected chi connectivity index (χ4v) is 5.08. The van der Waals surface area contributed by atoms with Crippen molar-refractivity contribution in [2.75, 3.05) is 54.5 Å². The number of piperidine rings is 1. The van der Waals surface area contributed by atoms with Crippen LogP contribution in [0.25, 0.3) is 10.9 Å². The molecule has 6 rings (SSSR count). The molecule has 0 unspecified atom stereocenters. The number of aromatic nitrogens is 5. The summed E-state index contributed by atoms with van der Waals surface area (Å²) in [5.74, 6) is 2.61. The molecule has 3 fully saturated rings. The average molecular weight is 483 g/mol. The molecule has 3 aliphatic rings. The molecule has 35 heavy (non-hydrogen) atoms. The van der Waals surface area contributed by atoms with Crippen molar-refractivity contribution in [2.45, 2.75) is 45.0 Å². The van der Waals surface area contributed by atoms with Gasteiger partial charge in [-0.3, -0.25) is 4.68 Å². The van der Waals surface area contributed by atoms with Crippen LogP contribution < -0.4 is 15.1 Å². The number of ether oxygens (including phenoxy) is 1. The maximum absolute atomic E-state index is 14.4. The van der Waals surface area contributed by atoms with Crippen molar-refractivity contribution in [3.8, 4) is 0 Å². The van der Waals surface area contributed by atoms with Crippen LogP contribution in [0.1, 0.15) is 33.2 Å². The highest BCUT2D eigenvalue weighted by Gasteiger charge is 2.50. The minimum atomic E-state index is -1.36. The number of pyridine rings is 1. The second-order valence-corrected chi connectivity index (χ2v) is 10.7. The highest BCUT2D eigenvalue weighted by molar-refractivity contribution is 5.92. The first kappa shape index (κ1) is 22.4. The second kappa shape index (κ2) is 7.99. The highest BCUT2D eigenvalue weighted by atomic mass is 19.1. The minimum absolute atomic E-state index is 0.0565. The number of aliphatic hydroxyl groups is 1. The fraction of sp³-hybridized carbons (Fsp3) is 0.583. The number of hydrogen-bond donors (Lipinski definition) is 2. The molecule has 0 saturated carbocycles. The Morgan fingerprint density at radius 1 is 1.20 bits per heavy atom. The minimum Gasteiger partial charge on any atom is -0.387 e. The number of anilines is 4. The topological polar surface area (TPSA) is 104 Å². The standard InChI is InChI=1S/C24H31FN8O2/c1-15(2)33-17-8-20(27-9-16(17)21(30-33)32-11-24(12-32)13-35-14-24)28-19-4-6-26-22(29-19)31-7-5-23(3,34)18(25)10-31/h4,6,8-9,15,18,34H,5,7,10-14H2,1-3H3,(H,26,27,28,29)/t18-,23+/m1/s1. The van der Waals surface area contributed by atoms with Crippen molar-refractivity contribution < 1.29 is 14.2 Å². The van der Waals surface area contributed by atoms with Gasteiger partial charge in [-0.05, 0) is 33.3 Å². The number of halogens is 1. The summed E-state index contributed by atoms with van der Waals surface area (Å²) in [6.07, 6.45) is 2.47. The Bertz CT molecular complexity index is 1250. The molecule has 2 N–H and O–H groups in total. The quantitative estimate of drug-likeness (QED) is 0.568. The first-order chi connectivity index (χ1) is 16.7. The van der Waals surface area contributed by atoms with Crippen LogP contribution in [-0.4, -0.2) is 81.0 Å². The lowest BCUT2D eigenvalue weighted by Gasteiger charge is -2.55. The van der Waals surface area contributed by atoms with E-state index in [-0.39, 0.29) is 12.6 Å². The molecule has 3 saturated heterocycles. The van der Waals surface area contributed by atoms with Crippen LogP contribution >= 0.6 is 0 Å². The summed E-state index contributed by atoms with van der Waals surface area (Å²) in [5.41, 5.74) is -0.00216. The molecule has 3 aromatic rings. The highest BCUT2D eigenvalue weighted by Crippen LogP contribution is 2.42. The summed E-state index contributed by atoms with van der Waals surface area (Å²) in [6, 6.07) is 3.94. The van der Waals surface area contributed by atoms with Gasteiger partial charge in [0.1, 0.15) is 17.8 Å². The second-order valence-electron chi connectivity index (χ2n) is 10.7. The van der Waals surface area contributed by atoms with Crippen LogP contribution in [0, 0.1) is 5.41 Å². The van der Waals surface area contributed by atoms with E-state index in [9.17, 15) is 9.50 Å². The van der Waals surface area contributed by atoms with Gasteiger partial charge in [0, 0.05) is 44.1 Å². The van der Waals surface area contributed by atoms with Crippen LogP contribution in [0.15, 0.2) is 24.5 Å². The maximum Gasteiger partial charge on any atom is 0.227 e. The number of alkyl halides is 1. The predicted molar refractivity (Wildman–Crippen MR) is 131 cm³/mol. The fourth-order valence-electron chi connectivity index (χ4n) is 5.08. The molecular formula is C24H31FN8O2. The molecule has 1 spiro atoms.